The molecule has 0 aromatic rings. The maximum atomic E-state index is 12.7. The van der Waals surface area contributed by atoms with Crippen molar-refractivity contribution >= 4 is 12.3 Å². The highest BCUT2D eigenvalue weighted by Crippen LogP contribution is 2.60. The minimum atomic E-state index is -0.109. The number of hydrogen-bond acceptors (Lipinski definition) is 3. The van der Waals surface area contributed by atoms with E-state index in [-0.39, 0.29) is 29.3 Å². The first-order valence-electron chi connectivity index (χ1n) is 9.02. The van der Waals surface area contributed by atoms with E-state index in [1.54, 1.807) is 6.92 Å². The standard InChI is InChI=1S/C20H32O3/c1-12(2)15-8-7-13(3)10-17(15)23-19(22)18-16(20(18,5)6)9-14(4)11-21/h9,11-13,15-18H,7-8,10H2,1-6H3. The second-order valence-corrected chi connectivity index (χ2v) is 8.65. The monoisotopic (exact) mass is 320 g/mol. The van der Waals surface area contributed by atoms with Crippen molar-refractivity contribution in [1.82, 2.24) is 0 Å². The fraction of sp³-hybridized carbons (Fsp3) is 0.800. The van der Waals surface area contributed by atoms with Crippen molar-refractivity contribution < 1.29 is 14.3 Å². The van der Waals surface area contributed by atoms with Crippen molar-refractivity contribution in [2.75, 3.05) is 0 Å². The Kier molecular flexibility index (Phi) is 5.37. The van der Waals surface area contributed by atoms with Crippen LogP contribution >= 0.6 is 0 Å². The average Bonchev–Trinajstić information content (AvgIpc) is 2.99. The van der Waals surface area contributed by atoms with Crippen molar-refractivity contribution in [1.29, 1.82) is 0 Å². The summed E-state index contributed by atoms with van der Waals surface area (Å²) in [6.07, 6.45) is 6.21. The van der Waals surface area contributed by atoms with Crippen molar-refractivity contribution in [2.45, 2.75) is 66.9 Å². The van der Waals surface area contributed by atoms with E-state index in [1.165, 1.54) is 6.42 Å². The van der Waals surface area contributed by atoms with Crippen LogP contribution in [0.1, 0.15) is 60.8 Å². The Morgan fingerprint density at radius 2 is 1.91 bits per heavy atom. The lowest BCUT2D eigenvalue weighted by atomic mass is 9.75. The van der Waals surface area contributed by atoms with E-state index in [2.05, 4.69) is 34.6 Å². The molecule has 2 aliphatic carbocycles. The molecule has 0 heterocycles. The van der Waals surface area contributed by atoms with Gasteiger partial charge < -0.3 is 4.74 Å². The van der Waals surface area contributed by atoms with Gasteiger partial charge in [0.15, 0.2) is 0 Å². The van der Waals surface area contributed by atoms with Gasteiger partial charge in [-0.25, -0.2) is 0 Å². The lowest BCUT2D eigenvalue weighted by molar-refractivity contribution is -0.158. The second kappa shape index (κ2) is 6.78. The van der Waals surface area contributed by atoms with E-state index in [1.807, 2.05) is 6.08 Å². The first-order chi connectivity index (χ1) is 10.7. The number of carbonyl (C=O) groups is 2. The van der Waals surface area contributed by atoms with Gasteiger partial charge in [-0.1, -0.05) is 47.1 Å². The van der Waals surface area contributed by atoms with Gasteiger partial charge in [0.25, 0.3) is 0 Å². The van der Waals surface area contributed by atoms with Crippen LogP contribution in [-0.4, -0.2) is 18.4 Å². The molecule has 0 spiro atoms. The summed E-state index contributed by atoms with van der Waals surface area (Å²) in [4.78, 5) is 23.5. The van der Waals surface area contributed by atoms with E-state index in [4.69, 9.17) is 4.74 Å². The molecule has 5 unspecified atom stereocenters. The molecule has 2 aliphatic rings. The Morgan fingerprint density at radius 1 is 1.26 bits per heavy atom. The smallest absolute Gasteiger partial charge is 0.310 e. The van der Waals surface area contributed by atoms with Crippen molar-refractivity contribution in [3.8, 4) is 0 Å². The molecule has 0 aromatic heterocycles. The number of aldehydes is 1. The maximum absolute atomic E-state index is 12.7. The Hall–Kier alpha value is -1.12. The predicted octanol–water partition coefficient (Wildman–Crippen LogP) is 4.41. The summed E-state index contributed by atoms with van der Waals surface area (Å²) in [5, 5.41) is 0. The molecule has 0 amide bonds. The van der Waals surface area contributed by atoms with Gasteiger partial charge in [-0.05, 0) is 54.4 Å². The number of carbonyl (C=O) groups excluding carboxylic acids is 2. The lowest BCUT2D eigenvalue weighted by Crippen LogP contribution is -2.36. The van der Waals surface area contributed by atoms with Crippen LogP contribution in [0.15, 0.2) is 11.6 Å². The van der Waals surface area contributed by atoms with Gasteiger partial charge in [0.1, 0.15) is 12.4 Å². The van der Waals surface area contributed by atoms with E-state index in [0.29, 0.717) is 23.3 Å². The zero-order valence-electron chi connectivity index (χ0n) is 15.5. The van der Waals surface area contributed by atoms with Crippen LogP contribution in [-0.2, 0) is 14.3 Å². The minimum absolute atomic E-state index is 0.0550. The fourth-order valence-corrected chi connectivity index (χ4v) is 4.23. The van der Waals surface area contributed by atoms with E-state index < -0.39 is 0 Å². The van der Waals surface area contributed by atoms with E-state index >= 15 is 0 Å². The Labute approximate surface area is 140 Å². The van der Waals surface area contributed by atoms with Gasteiger partial charge in [-0.3, -0.25) is 9.59 Å². The molecule has 0 N–H and O–H groups in total. The SMILES string of the molecule is CC(C=O)=CC1C(C(=O)OC2CC(C)CCC2C(C)C)C1(C)C. The normalized spacial score (nSPS) is 36.7. The van der Waals surface area contributed by atoms with Crippen LogP contribution in [0.4, 0.5) is 0 Å². The molecule has 0 aromatic carbocycles. The Morgan fingerprint density at radius 3 is 2.48 bits per heavy atom. The first kappa shape index (κ1) is 18.2. The van der Waals surface area contributed by atoms with E-state index in [0.717, 1.165) is 19.1 Å². The number of rotatable bonds is 5. The van der Waals surface area contributed by atoms with Crippen LogP contribution in [0.3, 0.4) is 0 Å². The van der Waals surface area contributed by atoms with Gasteiger partial charge in [0.05, 0.1) is 5.92 Å². The molecule has 130 valence electrons. The summed E-state index contributed by atoms with van der Waals surface area (Å²) in [5.41, 5.74) is 0.597. The Bertz CT molecular complexity index is 489. The molecule has 23 heavy (non-hydrogen) atoms. The van der Waals surface area contributed by atoms with Gasteiger partial charge in [-0.15, -0.1) is 0 Å². The fourth-order valence-electron chi connectivity index (χ4n) is 4.23. The van der Waals surface area contributed by atoms with E-state index in [9.17, 15) is 9.59 Å². The summed E-state index contributed by atoms with van der Waals surface area (Å²) >= 11 is 0. The summed E-state index contributed by atoms with van der Waals surface area (Å²) in [7, 11) is 0. The lowest BCUT2D eigenvalue weighted by Gasteiger charge is -2.36. The average molecular weight is 320 g/mol. The van der Waals surface area contributed by atoms with Gasteiger partial charge in [0, 0.05) is 0 Å². The molecular formula is C20H32O3. The molecule has 3 heteroatoms. The summed E-state index contributed by atoms with van der Waals surface area (Å²) in [6, 6.07) is 0. The third-order valence-corrected chi connectivity index (χ3v) is 6.02. The van der Waals surface area contributed by atoms with Gasteiger partial charge in [-0.2, -0.15) is 0 Å². The largest absolute Gasteiger partial charge is 0.462 e. The summed E-state index contributed by atoms with van der Waals surface area (Å²) < 4.78 is 5.98. The quantitative estimate of drug-likeness (QED) is 0.428. The molecule has 0 bridgehead atoms. The third kappa shape index (κ3) is 3.87. The molecule has 2 rings (SSSR count). The van der Waals surface area contributed by atoms with Crippen LogP contribution in [0.2, 0.25) is 0 Å². The molecule has 0 radical (unpaired) electrons. The van der Waals surface area contributed by atoms with Crippen molar-refractivity contribution in [3.05, 3.63) is 11.6 Å². The number of allylic oxidation sites excluding steroid dienone is 2. The summed E-state index contributed by atoms with van der Waals surface area (Å²) in [6.45, 7) is 12.7. The predicted molar refractivity (Wildman–Crippen MR) is 91.8 cm³/mol. The number of esters is 1. The molecule has 3 nitrogen and oxygen atoms in total. The van der Waals surface area contributed by atoms with Crippen molar-refractivity contribution in [3.63, 3.8) is 0 Å². The zero-order valence-corrected chi connectivity index (χ0v) is 15.5. The van der Waals surface area contributed by atoms with Crippen molar-refractivity contribution in [2.24, 2.45) is 35.0 Å². The topological polar surface area (TPSA) is 43.4 Å². The third-order valence-electron chi connectivity index (χ3n) is 6.02. The molecule has 5 atom stereocenters. The molecular weight excluding hydrogens is 288 g/mol. The van der Waals surface area contributed by atoms with Gasteiger partial charge >= 0.3 is 5.97 Å². The zero-order chi connectivity index (χ0) is 17.4. The molecule has 0 aliphatic heterocycles. The highest BCUT2D eigenvalue weighted by atomic mass is 16.5. The molecule has 0 saturated heterocycles. The van der Waals surface area contributed by atoms with Crippen LogP contribution < -0.4 is 0 Å². The maximum Gasteiger partial charge on any atom is 0.310 e. The minimum Gasteiger partial charge on any atom is -0.462 e. The van der Waals surface area contributed by atoms with Crippen LogP contribution in [0.25, 0.3) is 0 Å². The molecule has 2 saturated carbocycles. The summed E-state index contributed by atoms with van der Waals surface area (Å²) in [5.74, 6) is 1.59. The number of hydrogen-bond donors (Lipinski definition) is 0. The van der Waals surface area contributed by atoms with Gasteiger partial charge in [0.2, 0.25) is 0 Å². The highest BCUT2D eigenvalue weighted by molar-refractivity contribution is 5.79. The van der Waals surface area contributed by atoms with Crippen LogP contribution in [0.5, 0.6) is 0 Å². The highest BCUT2D eigenvalue weighted by Gasteiger charge is 2.61. The van der Waals surface area contributed by atoms with Crippen LogP contribution in [0, 0.1) is 35.0 Å². The number of ether oxygens (including phenoxy) is 1. The molecule has 2 fully saturated rings. The Balaban J connectivity index is 2.04. The first-order valence-corrected chi connectivity index (χ1v) is 9.02. The second-order valence-electron chi connectivity index (χ2n) is 8.65.